The first-order valence-electron chi connectivity index (χ1n) is 11.3. The van der Waals surface area contributed by atoms with Crippen LogP contribution in [0.1, 0.15) is 61.5 Å². The van der Waals surface area contributed by atoms with Crippen molar-refractivity contribution in [3.05, 3.63) is 46.6 Å². The number of aromatic nitrogens is 2. The average molecular weight is 454 g/mol. The summed E-state index contributed by atoms with van der Waals surface area (Å²) in [4.78, 5) is 14.8. The highest BCUT2D eigenvalue weighted by atomic mass is 35.5. The summed E-state index contributed by atoms with van der Waals surface area (Å²) >= 11 is 6.08. The standard InChI is InChI=1S/C24H28ClN5O2/c1-16-10-12-30(13-11-16)23-9-8-22(28-29-23)24(31)27-18-3-6-19(7-4-18)32-20-5-2-17(15-26)21(25)14-20/h2,5,8-9,14,16,18-19H,3-4,6-7,10-13H2,1H3,(H,27,31). The van der Waals surface area contributed by atoms with Gasteiger partial charge in [0.05, 0.1) is 16.7 Å². The molecule has 1 amide bonds. The Bertz CT molecular complexity index is 975. The lowest BCUT2D eigenvalue weighted by molar-refractivity contribution is 0.0888. The molecule has 0 bridgehead atoms. The van der Waals surface area contributed by atoms with Crippen LogP contribution in [0.4, 0.5) is 5.82 Å². The maximum atomic E-state index is 12.6. The van der Waals surface area contributed by atoms with Crippen molar-refractivity contribution in [2.75, 3.05) is 18.0 Å². The molecule has 1 aromatic carbocycles. The molecule has 2 fully saturated rings. The Kier molecular flexibility index (Phi) is 7.11. The fourth-order valence-electron chi connectivity index (χ4n) is 4.29. The van der Waals surface area contributed by atoms with Crippen molar-refractivity contribution in [3.63, 3.8) is 0 Å². The van der Waals surface area contributed by atoms with Gasteiger partial charge in [0.15, 0.2) is 11.5 Å². The third-order valence-electron chi connectivity index (χ3n) is 6.36. The van der Waals surface area contributed by atoms with Crippen LogP contribution in [0.3, 0.4) is 0 Å². The number of anilines is 1. The highest BCUT2D eigenvalue weighted by Crippen LogP contribution is 2.27. The number of carbonyl (C=O) groups is 1. The molecular formula is C24H28ClN5O2. The van der Waals surface area contributed by atoms with E-state index in [1.165, 1.54) is 0 Å². The van der Waals surface area contributed by atoms with Crippen LogP contribution in [0.25, 0.3) is 0 Å². The number of nitrogens with zero attached hydrogens (tertiary/aromatic N) is 4. The van der Waals surface area contributed by atoms with Gasteiger partial charge in [-0.05, 0) is 68.7 Å². The number of rotatable bonds is 5. The minimum absolute atomic E-state index is 0.0680. The lowest BCUT2D eigenvalue weighted by atomic mass is 9.93. The number of ether oxygens (including phenoxy) is 1. The van der Waals surface area contributed by atoms with Gasteiger partial charge in [-0.1, -0.05) is 18.5 Å². The third-order valence-corrected chi connectivity index (χ3v) is 6.68. The quantitative estimate of drug-likeness (QED) is 0.723. The molecule has 1 aliphatic heterocycles. The number of halogens is 1. The number of benzene rings is 1. The lowest BCUT2D eigenvalue weighted by Crippen LogP contribution is -2.40. The fourth-order valence-corrected chi connectivity index (χ4v) is 4.50. The van der Waals surface area contributed by atoms with E-state index < -0.39 is 0 Å². The predicted molar refractivity (Wildman–Crippen MR) is 123 cm³/mol. The molecule has 2 aliphatic rings. The van der Waals surface area contributed by atoms with Gasteiger partial charge in [-0.2, -0.15) is 5.26 Å². The Morgan fingerprint density at radius 2 is 1.88 bits per heavy atom. The van der Waals surface area contributed by atoms with E-state index in [1.807, 2.05) is 12.1 Å². The normalized spacial score (nSPS) is 21.6. The van der Waals surface area contributed by atoms with Crippen LogP contribution in [0, 0.1) is 17.2 Å². The van der Waals surface area contributed by atoms with Crippen molar-refractivity contribution in [3.8, 4) is 11.8 Å². The maximum absolute atomic E-state index is 12.6. The zero-order valence-corrected chi connectivity index (χ0v) is 19.0. The Labute approximate surface area is 193 Å². The molecule has 0 unspecified atom stereocenters. The van der Waals surface area contributed by atoms with E-state index in [0.717, 1.165) is 63.4 Å². The SMILES string of the molecule is CC1CCN(c2ccc(C(=O)NC3CCC(Oc4ccc(C#N)c(Cl)c4)CC3)nn2)CC1. The second-order valence-electron chi connectivity index (χ2n) is 8.76. The highest BCUT2D eigenvalue weighted by molar-refractivity contribution is 6.31. The minimum atomic E-state index is -0.181. The number of piperidine rings is 1. The molecule has 4 rings (SSSR count). The van der Waals surface area contributed by atoms with Crippen molar-refractivity contribution in [2.45, 2.75) is 57.6 Å². The highest BCUT2D eigenvalue weighted by Gasteiger charge is 2.25. The van der Waals surface area contributed by atoms with Crippen molar-refractivity contribution in [1.29, 1.82) is 5.26 Å². The summed E-state index contributed by atoms with van der Waals surface area (Å²) < 4.78 is 6.02. The number of carbonyl (C=O) groups excluding carboxylic acids is 1. The molecular weight excluding hydrogens is 426 g/mol. The van der Waals surface area contributed by atoms with E-state index in [9.17, 15) is 4.79 Å². The lowest BCUT2D eigenvalue weighted by Gasteiger charge is -2.31. The van der Waals surface area contributed by atoms with E-state index in [-0.39, 0.29) is 18.1 Å². The molecule has 2 heterocycles. The Balaban J connectivity index is 1.24. The smallest absolute Gasteiger partial charge is 0.272 e. The first kappa shape index (κ1) is 22.3. The van der Waals surface area contributed by atoms with Gasteiger partial charge in [0, 0.05) is 25.2 Å². The van der Waals surface area contributed by atoms with Crippen molar-refractivity contribution < 1.29 is 9.53 Å². The molecule has 2 aromatic rings. The molecule has 1 saturated carbocycles. The van der Waals surface area contributed by atoms with Crippen molar-refractivity contribution in [2.24, 2.45) is 5.92 Å². The summed E-state index contributed by atoms with van der Waals surface area (Å²) in [6.07, 6.45) is 5.72. The van der Waals surface area contributed by atoms with Gasteiger partial charge in [-0.25, -0.2) is 0 Å². The molecule has 168 valence electrons. The Morgan fingerprint density at radius 1 is 1.12 bits per heavy atom. The molecule has 1 saturated heterocycles. The number of hydrogen-bond donors (Lipinski definition) is 1. The van der Waals surface area contributed by atoms with Crippen LogP contribution in [0.15, 0.2) is 30.3 Å². The van der Waals surface area contributed by atoms with Gasteiger partial charge in [0.2, 0.25) is 0 Å². The zero-order valence-electron chi connectivity index (χ0n) is 18.3. The summed E-state index contributed by atoms with van der Waals surface area (Å²) in [5, 5.41) is 20.9. The van der Waals surface area contributed by atoms with E-state index in [0.29, 0.717) is 22.0 Å². The van der Waals surface area contributed by atoms with Gasteiger partial charge in [-0.15, -0.1) is 10.2 Å². The molecule has 8 heteroatoms. The molecule has 0 atom stereocenters. The number of nitriles is 1. The molecule has 1 N–H and O–H groups in total. The number of nitrogens with one attached hydrogen (secondary N) is 1. The summed E-state index contributed by atoms with van der Waals surface area (Å²) in [6, 6.07) is 10.9. The van der Waals surface area contributed by atoms with Gasteiger partial charge in [-0.3, -0.25) is 4.79 Å². The number of hydrogen-bond acceptors (Lipinski definition) is 6. The largest absolute Gasteiger partial charge is 0.490 e. The zero-order chi connectivity index (χ0) is 22.5. The Hall–Kier alpha value is -2.85. The summed E-state index contributed by atoms with van der Waals surface area (Å²) in [5.41, 5.74) is 0.789. The van der Waals surface area contributed by atoms with Crippen LogP contribution in [-0.4, -0.2) is 41.3 Å². The molecule has 7 nitrogen and oxygen atoms in total. The van der Waals surface area contributed by atoms with Crippen LogP contribution < -0.4 is 15.0 Å². The first-order valence-corrected chi connectivity index (χ1v) is 11.7. The van der Waals surface area contributed by atoms with Crippen LogP contribution >= 0.6 is 11.6 Å². The molecule has 1 aliphatic carbocycles. The first-order chi connectivity index (χ1) is 15.5. The second kappa shape index (κ2) is 10.2. The molecule has 32 heavy (non-hydrogen) atoms. The van der Waals surface area contributed by atoms with E-state index in [1.54, 1.807) is 24.3 Å². The second-order valence-corrected chi connectivity index (χ2v) is 9.17. The van der Waals surface area contributed by atoms with E-state index in [4.69, 9.17) is 21.6 Å². The summed E-state index contributed by atoms with van der Waals surface area (Å²) in [7, 11) is 0. The van der Waals surface area contributed by atoms with Crippen molar-refractivity contribution in [1.82, 2.24) is 15.5 Å². The van der Waals surface area contributed by atoms with Crippen LogP contribution in [0.5, 0.6) is 5.75 Å². The average Bonchev–Trinajstić information content (AvgIpc) is 2.81. The summed E-state index contributed by atoms with van der Waals surface area (Å²) in [5.74, 6) is 2.08. The van der Waals surface area contributed by atoms with Gasteiger partial charge in [0.1, 0.15) is 11.8 Å². The Morgan fingerprint density at radius 3 is 2.50 bits per heavy atom. The van der Waals surface area contributed by atoms with Crippen molar-refractivity contribution >= 4 is 23.3 Å². The maximum Gasteiger partial charge on any atom is 0.272 e. The third kappa shape index (κ3) is 5.49. The minimum Gasteiger partial charge on any atom is -0.490 e. The molecule has 0 spiro atoms. The van der Waals surface area contributed by atoms with Gasteiger partial charge >= 0.3 is 0 Å². The predicted octanol–water partition coefficient (Wildman–Crippen LogP) is 4.36. The fraction of sp³-hybridized carbons (Fsp3) is 0.500. The van der Waals surface area contributed by atoms with E-state index >= 15 is 0 Å². The molecule has 1 aromatic heterocycles. The number of amides is 1. The monoisotopic (exact) mass is 453 g/mol. The molecule has 0 radical (unpaired) electrons. The van der Waals surface area contributed by atoms with Crippen LogP contribution in [-0.2, 0) is 0 Å². The summed E-state index contributed by atoms with van der Waals surface area (Å²) in [6.45, 7) is 4.25. The van der Waals surface area contributed by atoms with Gasteiger partial charge in [0.25, 0.3) is 5.91 Å². The van der Waals surface area contributed by atoms with E-state index in [2.05, 4.69) is 27.3 Å². The van der Waals surface area contributed by atoms with Gasteiger partial charge < -0.3 is 15.0 Å². The van der Waals surface area contributed by atoms with Crippen LogP contribution in [0.2, 0.25) is 5.02 Å². The topological polar surface area (TPSA) is 91.1 Å².